The molecule has 0 aliphatic carbocycles. The Bertz CT molecular complexity index is 910. The van der Waals surface area contributed by atoms with Crippen molar-refractivity contribution in [3.05, 3.63) is 41.5 Å². The number of nitrogens with one attached hydrogen (secondary N) is 1. The predicted octanol–water partition coefficient (Wildman–Crippen LogP) is 0.611. The van der Waals surface area contributed by atoms with Crippen molar-refractivity contribution in [1.82, 2.24) is 34.4 Å². The van der Waals surface area contributed by atoms with E-state index in [4.69, 9.17) is 0 Å². The molecule has 0 radical (unpaired) electrons. The van der Waals surface area contributed by atoms with E-state index in [0.29, 0.717) is 11.6 Å². The summed E-state index contributed by atoms with van der Waals surface area (Å²) in [5, 5.41) is 7.45. The van der Waals surface area contributed by atoms with Crippen LogP contribution >= 0.6 is 0 Å². The molecule has 4 rings (SSSR count). The number of carbonyl (C=O) groups excluding carboxylic acids is 1. The first-order chi connectivity index (χ1) is 11.6. The maximum absolute atomic E-state index is 12.3. The Labute approximate surface area is 138 Å². The summed E-state index contributed by atoms with van der Waals surface area (Å²) in [6.07, 6.45) is 5.70. The Morgan fingerprint density at radius 1 is 1.38 bits per heavy atom. The number of hydrogen-bond donors (Lipinski definition) is 1. The quantitative estimate of drug-likeness (QED) is 0.762. The molecule has 1 aliphatic rings. The summed E-state index contributed by atoms with van der Waals surface area (Å²) in [7, 11) is 0. The monoisotopic (exact) mass is 325 g/mol. The molecule has 0 fully saturated rings. The fourth-order valence-electron chi connectivity index (χ4n) is 3.19. The van der Waals surface area contributed by atoms with Gasteiger partial charge in [-0.15, -0.1) is 5.10 Å². The van der Waals surface area contributed by atoms with Crippen LogP contribution in [-0.4, -0.2) is 41.1 Å². The lowest BCUT2D eigenvalue weighted by Gasteiger charge is -2.24. The molecule has 1 atom stereocenters. The molecular formula is C16H19N7O. The van der Waals surface area contributed by atoms with Crippen LogP contribution in [0.5, 0.6) is 0 Å². The van der Waals surface area contributed by atoms with Crippen LogP contribution in [0.2, 0.25) is 0 Å². The summed E-state index contributed by atoms with van der Waals surface area (Å²) < 4.78 is 3.77. The van der Waals surface area contributed by atoms with Crippen LogP contribution in [0.4, 0.5) is 0 Å². The molecule has 1 N–H and O–H groups in total. The Balaban J connectivity index is 1.44. The van der Waals surface area contributed by atoms with Crippen LogP contribution in [0.3, 0.4) is 0 Å². The predicted molar refractivity (Wildman–Crippen MR) is 86.4 cm³/mol. The zero-order valence-corrected chi connectivity index (χ0v) is 13.7. The van der Waals surface area contributed by atoms with E-state index >= 15 is 0 Å². The number of aryl methyl sites for hydroxylation is 3. The highest BCUT2D eigenvalue weighted by Crippen LogP contribution is 2.13. The molecule has 4 heterocycles. The first-order valence-electron chi connectivity index (χ1n) is 8.08. The van der Waals surface area contributed by atoms with Gasteiger partial charge in [-0.1, -0.05) is 0 Å². The Morgan fingerprint density at radius 2 is 2.25 bits per heavy atom. The minimum atomic E-state index is -0.0613. The molecule has 0 aromatic carbocycles. The van der Waals surface area contributed by atoms with Gasteiger partial charge in [-0.2, -0.15) is 4.98 Å². The van der Waals surface area contributed by atoms with Gasteiger partial charge < -0.3 is 9.88 Å². The minimum Gasteiger partial charge on any atom is -0.351 e. The summed E-state index contributed by atoms with van der Waals surface area (Å²) in [6, 6.07) is 2.06. The SMILES string of the molecule is Cc1cc(C)n2nc(CC(=O)N[C@H]3CCc4nccn4C3)nc2n1. The second-order valence-electron chi connectivity index (χ2n) is 6.25. The minimum absolute atomic E-state index is 0.0613. The zero-order valence-electron chi connectivity index (χ0n) is 13.7. The maximum atomic E-state index is 12.3. The van der Waals surface area contributed by atoms with Gasteiger partial charge in [0.15, 0.2) is 5.82 Å². The number of nitrogens with zero attached hydrogens (tertiary/aromatic N) is 6. The van der Waals surface area contributed by atoms with E-state index in [9.17, 15) is 4.79 Å². The largest absolute Gasteiger partial charge is 0.351 e. The van der Waals surface area contributed by atoms with Crippen molar-refractivity contribution in [2.24, 2.45) is 0 Å². The van der Waals surface area contributed by atoms with E-state index in [-0.39, 0.29) is 18.4 Å². The van der Waals surface area contributed by atoms with E-state index < -0.39 is 0 Å². The van der Waals surface area contributed by atoms with Gasteiger partial charge in [0.05, 0.1) is 6.42 Å². The van der Waals surface area contributed by atoms with Gasteiger partial charge in [0, 0.05) is 42.8 Å². The number of imidazole rings is 1. The fraction of sp³-hybridized carbons (Fsp3) is 0.438. The third kappa shape index (κ3) is 2.75. The van der Waals surface area contributed by atoms with E-state index in [1.165, 1.54) is 0 Å². The van der Waals surface area contributed by atoms with E-state index in [2.05, 4.69) is 29.9 Å². The lowest BCUT2D eigenvalue weighted by Crippen LogP contribution is -2.41. The van der Waals surface area contributed by atoms with E-state index in [0.717, 1.165) is 36.6 Å². The first kappa shape index (κ1) is 14.8. The summed E-state index contributed by atoms with van der Waals surface area (Å²) in [5.41, 5.74) is 1.85. The van der Waals surface area contributed by atoms with Gasteiger partial charge in [0.2, 0.25) is 5.91 Å². The first-order valence-corrected chi connectivity index (χ1v) is 8.08. The number of hydrogen-bond acceptors (Lipinski definition) is 5. The van der Waals surface area contributed by atoms with Gasteiger partial charge in [0.1, 0.15) is 5.82 Å². The molecule has 8 nitrogen and oxygen atoms in total. The highest BCUT2D eigenvalue weighted by atomic mass is 16.1. The van der Waals surface area contributed by atoms with E-state index in [1.807, 2.05) is 26.1 Å². The number of aromatic nitrogens is 6. The molecule has 0 saturated heterocycles. The second kappa shape index (κ2) is 5.70. The average Bonchev–Trinajstić information content (AvgIpc) is 3.12. The molecule has 3 aromatic heterocycles. The highest BCUT2D eigenvalue weighted by Gasteiger charge is 2.21. The summed E-state index contributed by atoms with van der Waals surface area (Å²) in [4.78, 5) is 25.3. The third-order valence-electron chi connectivity index (χ3n) is 4.28. The smallest absolute Gasteiger partial charge is 0.252 e. The summed E-state index contributed by atoms with van der Waals surface area (Å²) in [5.74, 6) is 2.05. The van der Waals surface area contributed by atoms with Crippen LogP contribution in [0.25, 0.3) is 5.78 Å². The maximum Gasteiger partial charge on any atom is 0.252 e. The van der Waals surface area contributed by atoms with Crippen molar-refractivity contribution in [2.45, 2.75) is 45.7 Å². The highest BCUT2D eigenvalue weighted by molar-refractivity contribution is 5.78. The van der Waals surface area contributed by atoms with Crippen LogP contribution in [0.1, 0.15) is 29.5 Å². The van der Waals surface area contributed by atoms with Crippen molar-refractivity contribution >= 4 is 11.7 Å². The zero-order chi connectivity index (χ0) is 16.7. The fourth-order valence-corrected chi connectivity index (χ4v) is 3.19. The van der Waals surface area contributed by atoms with Crippen molar-refractivity contribution in [3.8, 4) is 0 Å². The standard InChI is InChI=1S/C16H19N7O/c1-10-7-11(2)23-16(18-10)20-13(21-23)8-15(24)19-12-3-4-14-17-5-6-22(14)9-12/h5-7,12H,3-4,8-9H2,1-2H3,(H,19,24)/t12-/m0/s1. The Hall–Kier alpha value is -2.77. The second-order valence-corrected chi connectivity index (χ2v) is 6.25. The number of carbonyl (C=O) groups is 1. The van der Waals surface area contributed by atoms with Crippen LogP contribution in [0, 0.1) is 13.8 Å². The van der Waals surface area contributed by atoms with Crippen molar-refractivity contribution in [3.63, 3.8) is 0 Å². The van der Waals surface area contributed by atoms with E-state index in [1.54, 1.807) is 10.7 Å². The van der Waals surface area contributed by atoms with Gasteiger partial charge >= 0.3 is 0 Å². The van der Waals surface area contributed by atoms with Crippen molar-refractivity contribution < 1.29 is 4.79 Å². The van der Waals surface area contributed by atoms with Crippen molar-refractivity contribution in [2.75, 3.05) is 0 Å². The molecule has 1 amide bonds. The normalized spacial score (nSPS) is 17.0. The topological polar surface area (TPSA) is 90.0 Å². The molecule has 8 heteroatoms. The molecule has 3 aromatic rings. The lowest BCUT2D eigenvalue weighted by atomic mass is 10.1. The van der Waals surface area contributed by atoms with Crippen LogP contribution in [-0.2, 0) is 24.2 Å². The molecule has 0 bridgehead atoms. The molecule has 24 heavy (non-hydrogen) atoms. The van der Waals surface area contributed by atoms with Gasteiger partial charge in [-0.05, 0) is 26.3 Å². The number of fused-ring (bicyclic) bond motifs is 2. The molecule has 0 spiro atoms. The number of amides is 1. The third-order valence-corrected chi connectivity index (χ3v) is 4.28. The molecule has 124 valence electrons. The molecule has 0 saturated carbocycles. The van der Waals surface area contributed by atoms with Crippen molar-refractivity contribution in [1.29, 1.82) is 0 Å². The average molecular weight is 325 g/mol. The van der Waals surface area contributed by atoms with Crippen LogP contribution < -0.4 is 5.32 Å². The van der Waals surface area contributed by atoms with Gasteiger partial charge in [-0.25, -0.2) is 14.5 Å². The lowest BCUT2D eigenvalue weighted by molar-refractivity contribution is -0.121. The molecule has 1 aliphatic heterocycles. The van der Waals surface area contributed by atoms with Crippen LogP contribution in [0.15, 0.2) is 18.5 Å². The molecular weight excluding hydrogens is 306 g/mol. The Morgan fingerprint density at radius 3 is 3.12 bits per heavy atom. The summed E-state index contributed by atoms with van der Waals surface area (Å²) >= 11 is 0. The Kier molecular flexibility index (Phi) is 3.51. The summed E-state index contributed by atoms with van der Waals surface area (Å²) in [6.45, 7) is 4.63. The van der Waals surface area contributed by atoms with Gasteiger partial charge in [-0.3, -0.25) is 4.79 Å². The van der Waals surface area contributed by atoms with Gasteiger partial charge in [0.25, 0.3) is 5.78 Å². The molecule has 0 unspecified atom stereocenters. The number of rotatable bonds is 3.